The highest BCUT2D eigenvalue weighted by Gasteiger charge is 2.24. The molecule has 0 aliphatic rings. The first kappa shape index (κ1) is 23.1. The number of likely N-dealkylation sites (N-methyl/N-ethyl adjacent to an activating group) is 1. The minimum atomic E-state index is -3.70. The number of carbonyl (C=O) groups is 2. The Kier molecular flexibility index (Phi) is 7.20. The van der Waals surface area contributed by atoms with Crippen LogP contribution in [-0.2, 0) is 14.8 Å². The van der Waals surface area contributed by atoms with Crippen molar-refractivity contribution in [3.8, 4) is 0 Å². The summed E-state index contributed by atoms with van der Waals surface area (Å²) in [6.07, 6.45) is 0. The van der Waals surface area contributed by atoms with Crippen LogP contribution in [0.15, 0.2) is 45.8 Å². The monoisotopic (exact) mass is 481 g/mol. The van der Waals surface area contributed by atoms with Crippen LogP contribution < -0.4 is 5.32 Å². The summed E-state index contributed by atoms with van der Waals surface area (Å²) < 4.78 is 27.0. The summed E-state index contributed by atoms with van der Waals surface area (Å²) in [5.74, 6) is -0.802. The molecule has 0 spiro atoms. The second kappa shape index (κ2) is 9.06. The lowest BCUT2D eigenvalue weighted by Crippen LogP contribution is -2.35. The van der Waals surface area contributed by atoms with Crippen LogP contribution in [0.4, 0.5) is 5.69 Å². The first-order valence-electron chi connectivity index (χ1n) is 8.78. The number of hydrogen-bond acceptors (Lipinski definition) is 4. The molecule has 29 heavy (non-hydrogen) atoms. The molecule has 0 atom stereocenters. The number of sulfonamides is 1. The SMILES string of the molecule is Cc1cc(C(=O)N(C)CC(=O)Nc2ccccc2Br)cc(S(=O)(=O)N(C)C)c1C. The average molecular weight is 482 g/mol. The van der Waals surface area contributed by atoms with Gasteiger partial charge in [0.2, 0.25) is 15.9 Å². The molecule has 0 radical (unpaired) electrons. The number of halogens is 1. The summed E-state index contributed by atoms with van der Waals surface area (Å²) in [4.78, 5) is 26.5. The fraction of sp³-hybridized carbons (Fsp3) is 0.300. The van der Waals surface area contributed by atoms with Gasteiger partial charge in [-0.05, 0) is 65.2 Å². The number of amides is 2. The van der Waals surface area contributed by atoms with Crippen LogP contribution in [0.25, 0.3) is 0 Å². The van der Waals surface area contributed by atoms with Crippen molar-refractivity contribution in [1.82, 2.24) is 9.21 Å². The van der Waals surface area contributed by atoms with Gasteiger partial charge in [-0.25, -0.2) is 12.7 Å². The highest BCUT2D eigenvalue weighted by atomic mass is 79.9. The van der Waals surface area contributed by atoms with E-state index in [0.29, 0.717) is 16.8 Å². The van der Waals surface area contributed by atoms with Gasteiger partial charge >= 0.3 is 0 Å². The number of nitrogens with one attached hydrogen (secondary N) is 1. The van der Waals surface area contributed by atoms with E-state index in [1.54, 1.807) is 38.1 Å². The van der Waals surface area contributed by atoms with Crippen LogP contribution in [0.1, 0.15) is 21.5 Å². The standard InChI is InChI=1S/C20H24BrN3O4S/c1-13-10-15(11-18(14(13)2)29(27,28)23(3)4)20(26)24(5)12-19(25)22-17-9-7-6-8-16(17)21/h6-11H,12H2,1-5H3,(H,22,25). The first-order chi connectivity index (χ1) is 13.4. The minimum Gasteiger partial charge on any atom is -0.332 e. The maximum atomic E-state index is 12.8. The summed E-state index contributed by atoms with van der Waals surface area (Å²) in [6.45, 7) is 3.28. The highest BCUT2D eigenvalue weighted by molar-refractivity contribution is 9.10. The Morgan fingerprint density at radius 3 is 2.28 bits per heavy atom. The van der Waals surface area contributed by atoms with E-state index in [-0.39, 0.29) is 22.9 Å². The maximum Gasteiger partial charge on any atom is 0.254 e. The van der Waals surface area contributed by atoms with Gasteiger partial charge in [0.25, 0.3) is 5.91 Å². The van der Waals surface area contributed by atoms with Crippen LogP contribution in [-0.4, -0.2) is 57.1 Å². The number of anilines is 1. The summed E-state index contributed by atoms with van der Waals surface area (Å²) in [6, 6.07) is 10.2. The fourth-order valence-electron chi connectivity index (χ4n) is 2.68. The summed E-state index contributed by atoms with van der Waals surface area (Å²) in [7, 11) is 0.678. The molecule has 0 aliphatic heterocycles. The summed E-state index contributed by atoms with van der Waals surface area (Å²) in [5.41, 5.74) is 2.08. The van der Waals surface area contributed by atoms with E-state index < -0.39 is 15.9 Å². The smallest absolute Gasteiger partial charge is 0.254 e. The summed E-state index contributed by atoms with van der Waals surface area (Å²) >= 11 is 3.35. The van der Waals surface area contributed by atoms with E-state index in [4.69, 9.17) is 0 Å². The number of carbonyl (C=O) groups excluding carboxylic acids is 2. The molecule has 1 N–H and O–H groups in total. The Bertz CT molecular complexity index is 1050. The van der Waals surface area contributed by atoms with Gasteiger partial charge in [-0.15, -0.1) is 0 Å². The van der Waals surface area contributed by atoms with Crippen molar-refractivity contribution in [2.24, 2.45) is 0 Å². The molecule has 0 unspecified atom stereocenters. The molecule has 0 saturated heterocycles. The molecule has 0 heterocycles. The van der Waals surface area contributed by atoms with Crippen molar-refractivity contribution < 1.29 is 18.0 Å². The van der Waals surface area contributed by atoms with Crippen molar-refractivity contribution in [1.29, 1.82) is 0 Å². The third-order valence-corrected chi connectivity index (χ3v) is 7.13. The van der Waals surface area contributed by atoms with Crippen LogP contribution in [0, 0.1) is 13.8 Å². The van der Waals surface area contributed by atoms with E-state index in [1.165, 1.54) is 32.1 Å². The lowest BCUT2D eigenvalue weighted by molar-refractivity contribution is -0.116. The lowest BCUT2D eigenvalue weighted by atomic mass is 10.1. The van der Waals surface area contributed by atoms with Gasteiger partial charge in [0, 0.05) is 31.2 Å². The molecular weight excluding hydrogens is 458 g/mol. The van der Waals surface area contributed by atoms with Crippen LogP contribution in [0.2, 0.25) is 0 Å². The lowest BCUT2D eigenvalue weighted by Gasteiger charge is -2.20. The molecule has 0 fully saturated rings. The highest BCUT2D eigenvalue weighted by Crippen LogP contribution is 2.24. The van der Waals surface area contributed by atoms with E-state index in [9.17, 15) is 18.0 Å². The predicted molar refractivity (Wildman–Crippen MR) is 117 cm³/mol. The van der Waals surface area contributed by atoms with E-state index >= 15 is 0 Å². The van der Waals surface area contributed by atoms with Crippen LogP contribution >= 0.6 is 15.9 Å². The molecule has 7 nitrogen and oxygen atoms in total. The molecule has 156 valence electrons. The number of rotatable bonds is 6. The van der Waals surface area contributed by atoms with Crippen molar-refractivity contribution >= 4 is 43.5 Å². The number of hydrogen-bond donors (Lipinski definition) is 1. The fourth-order valence-corrected chi connectivity index (χ4v) is 4.28. The van der Waals surface area contributed by atoms with Crippen molar-refractivity contribution in [3.05, 3.63) is 57.6 Å². The second-order valence-electron chi connectivity index (χ2n) is 6.89. The van der Waals surface area contributed by atoms with Crippen molar-refractivity contribution in [3.63, 3.8) is 0 Å². The quantitative estimate of drug-likeness (QED) is 0.686. The number of aryl methyl sites for hydroxylation is 1. The molecule has 0 aromatic heterocycles. The zero-order chi connectivity index (χ0) is 21.9. The molecule has 2 rings (SSSR count). The van der Waals surface area contributed by atoms with Gasteiger partial charge in [0.05, 0.1) is 17.1 Å². The first-order valence-corrected chi connectivity index (χ1v) is 11.0. The predicted octanol–water partition coefficient (Wildman–Crippen LogP) is 3.03. The average Bonchev–Trinajstić information content (AvgIpc) is 2.64. The zero-order valence-corrected chi connectivity index (χ0v) is 19.4. The molecule has 9 heteroatoms. The normalized spacial score (nSPS) is 11.4. The van der Waals surface area contributed by atoms with Gasteiger partial charge in [-0.3, -0.25) is 9.59 Å². The number of nitrogens with zero attached hydrogens (tertiary/aromatic N) is 2. The molecular formula is C20H24BrN3O4S. The van der Waals surface area contributed by atoms with Crippen molar-refractivity contribution in [2.75, 3.05) is 33.0 Å². The molecule has 0 saturated carbocycles. The van der Waals surface area contributed by atoms with Gasteiger partial charge in [-0.2, -0.15) is 0 Å². The molecule has 2 amide bonds. The van der Waals surface area contributed by atoms with E-state index in [2.05, 4.69) is 21.2 Å². The Labute approximate surface area is 179 Å². The van der Waals surface area contributed by atoms with Gasteiger partial charge in [0.1, 0.15) is 0 Å². The van der Waals surface area contributed by atoms with Gasteiger partial charge in [-0.1, -0.05) is 12.1 Å². The topological polar surface area (TPSA) is 86.8 Å². The third kappa shape index (κ3) is 5.23. The Morgan fingerprint density at radius 2 is 1.69 bits per heavy atom. The maximum absolute atomic E-state index is 12.8. The molecule has 2 aromatic carbocycles. The number of benzene rings is 2. The second-order valence-corrected chi connectivity index (χ2v) is 9.87. The van der Waals surface area contributed by atoms with Crippen molar-refractivity contribution in [2.45, 2.75) is 18.7 Å². The molecule has 0 bridgehead atoms. The van der Waals surface area contributed by atoms with E-state index in [1.807, 2.05) is 6.07 Å². The van der Waals surface area contributed by atoms with Gasteiger partial charge in [0.15, 0.2) is 0 Å². The summed E-state index contributed by atoms with van der Waals surface area (Å²) in [5, 5.41) is 2.74. The van der Waals surface area contributed by atoms with Crippen LogP contribution in [0.5, 0.6) is 0 Å². The molecule has 2 aromatic rings. The van der Waals surface area contributed by atoms with Crippen LogP contribution in [0.3, 0.4) is 0 Å². The Morgan fingerprint density at radius 1 is 1.07 bits per heavy atom. The Hall–Kier alpha value is -2.23. The molecule has 0 aliphatic carbocycles. The Balaban J connectivity index is 2.24. The largest absolute Gasteiger partial charge is 0.332 e. The third-order valence-electron chi connectivity index (χ3n) is 4.50. The minimum absolute atomic E-state index is 0.0805. The van der Waals surface area contributed by atoms with E-state index in [0.717, 1.165) is 8.78 Å². The zero-order valence-electron chi connectivity index (χ0n) is 17.0. The number of para-hydroxylation sites is 1. The van der Waals surface area contributed by atoms with Gasteiger partial charge < -0.3 is 10.2 Å².